The lowest BCUT2D eigenvalue weighted by Gasteiger charge is -2.24. The second-order valence-corrected chi connectivity index (χ2v) is 3.06. The van der Waals surface area contributed by atoms with E-state index in [1.807, 2.05) is 13.0 Å². The van der Waals surface area contributed by atoms with Gasteiger partial charge in [-0.25, -0.2) is 0 Å². The van der Waals surface area contributed by atoms with Gasteiger partial charge in [-0.3, -0.25) is 0 Å². The lowest BCUT2D eigenvalue weighted by Crippen LogP contribution is -2.22. The monoisotopic (exact) mass is 156 g/mol. The summed E-state index contributed by atoms with van der Waals surface area (Å²) in [4.78, 5) is 4.11. The van der Waals surface area contributed by atoms with Crippen LogP contribution in [0.25, 0.3) is 0 Å². The predicted octanol–water partition coefficient (Wildman–Crippen LogP) is 1.71. The van der Waals surface area contributed by atoms with E-state index >= 15 is 0 Å². The minimum atomic E-state index is -0.140. The topological polar surface area (TPSA) is 47.6 Å². The summed E-state index contributed by atoms with van der Waals surface area (Å²) in [6.45, 7) is 9.92. The van der Waals surface area contributed by atoms with Gasteiger partial charge >= 0.3 is 0 Å². The fraction of sp³-hybridized carbons (Fsp3) is 0.625. The Kier molecular flexibility index (Phi) is 3.82. The fourth-order valence-corrected chi connectivity index (χ4v) is 0.581. The van der Waals surface area contributed by atoms with Crippen LogP contribution in [0.3, 0.4) is 0 Å². The summed E-state index contributed by atoms with van der Waals surface area (Å²) in [6.07, 6.45) is 3.49. The third-order valence-corrected chi connectivity index (χ3v) is 2.08. The highest BCUT2D eigenvalue weighted by Gasteiger charge is 2.22. The van der Waals surface area contributed by atoms with Gasteiger partial charge in [0.15, 0.2) is 0 Å². The first kappa shape index (κ1) is 10.2. The number of oxime groups is 1. The van der Waals surface area contributed by atoms with Gasteiger partial charge in [0.25, 0.3) is 0 Å². The summed E-state index contributed by atoms with van der Waals surface area (Å²) in [7, 11) is 0. The zero-order chi connectivity index (χ0) is 8.91. The van der Waals surface area contributed by atoms with Crippen molar-refractivity contribution in [3.8, 4) is 0 Å². The van der Waals surface area contributed by atoms with Crippen molar-refractivity contribution < 1.29 is 4.94 Å². The maximum absolute atomic E-state index is 4.76. The molecule has 0 aliphatic carbocycles. The first-order valence-corrected chi connectivity index (χ1v) is 3.61. The summed E-state index contributed by atoms with van der Waals surface area (Å²) < 4.78 is 0. The van der Waals surface area contributed by atoms with Crippen LogP contribution in [0, 0.1) is 11.3 Å². The maximum Gasteiger partial charge on any atom is 0.0561 e. The number of hydrogen-bond donors (Lipinski definition) is 1. The minimum Gasteiger partial charge on any atom is -0.303 e. The van der Waals surface area contributed by atoms with Crippen LogP contribution in [0.5, 0.6) is 0 Å². The average molecular weight is 156 g/mol. The van der Waals surface area contributed by atoms with Crippen molar-refractivity contribution in [2.75, 3.05) is 0 Å². The second kappa shape index (κ2) is 4.13. The number of rotatable bonds is 4. The molecule has 3 nitrogen and oxygen atoms in total. The van der Waals surface area contributed by atoms with Crippen LogP contribution in [-0.2, 0) is 4.94 Å². The van der Waals surface area contributed by atoms with Gasteiger partial charge < -0.3 is 4.94 Å². The molecule has 11 heavy (non-hydrogen) atoms. The largest absolute Gasteiger partial charge is 0.303 e. The number of allylic oxidation sites excluding steroid dienone is 1. The minimum absolute atomic E-state index is 0.140. The highest BCUT2D eigenvalue weighted by atomic mass is 16.7. The van der Waals surface area contributed by atoms with Gasteiger partial charge in [-0.05, 0) is 5.92 Å². The molecule has 0 aromatic carbocycles. The molecule has 0 saturated carbocycles. The van der Waals surface area contributed by atoms with Crippen LogP contribution in [0.1, 0.15) is 20.8 Å². The predicted molar refractivity (Wildman–Crippen MR) is 46.9 cm³/mol. The van der Waals surface area contributed by atoms with Crippen LogP contribution in [0.4, 0.5) is 0 Å². The van der Waals surface area contributed by atoms with Gasteiger partial charge in [0.05, 0.1) is 6.21 Å². The van der Waals surface area contributed by atoms with Crippen molar-refractivity contribution >= 4 is 6.21 Å². The maximum atomic E-state index is 4.76. The zero-order valence-electron chi connectivity index (χ0n) is 7.37. The van der Waals surface area contributed by atoms with E-state index in [0.29, 0.717) is 5.92 Å². The molecule has 3 heteroatoms. The summed E-state index contributed by atoms with van der Waals surface area (Å²) in [5.41, 5.74) is -0.140. The zero-order valence-corrected chi connectivity index (χ0v) is 7.37. The van der Waals surface area contributed by atoms with E-state index in [2.05, 4.69) is 30.5 Å². The van der Waals surface area contributed by atoms with Crippen molar-refractivity contribution in [2.45, 2.75) is 20.8 Å². The van der Waals surface area contributed by atoms with Crippen molar-refractivity contribution in [3.63, 3.8) is 0 Å². The number of nitrogens with two attached hydrogens (primary N) is 1. The van der Waals surface area contributed by atoms with E-state index in [0.717, 1.165) is 0 Å². The molecule has 1 unspecified atom stereocenters. The van der Waals surface area contributed by atoms with E-state index in [1.54, 1.807) is 6.21 Å². The summed E-state index contributed by atoms with van der Waals surface area (Å²) in [6, 6.07) is 0. The molecule has 0 spiro atoms. The molecule has 2 N–H and O–H groups in total. The Morgan fingerprint density at radius 3 is 2.45 bits per heavy atom. The van der Waals surface area contributed by atoms with Crippen LogP contribution in [0.2, 0.25) is 0 Å². The van der Waals surface area contributed by atoms with Gasteiger partial charge in [0, 0.05) is 5.41 Å². The molecule has 0 aliphatic heterocycles. The van der Waals surface area contributed by atoms with E-state index in [4.69, 9.17) is 5.90 Å². The quantitative estimate of drug-likeness (QED) is 0.382. The van der Waals surface area contributed by atoms with Crippen LogP contribution in [-0.4, -0.2) is 6.21 Å². The van der Waals surface area contributed by atoms with E-state index in [9.17, 15) is 0 Å². The molecule has 0 fully saturated rings. The fourth-order valence-electron chi connectivity index (χ4n) is 0.581. The molecule has 0 rings (SSSR count). The second-order valence-electron chi connectivity index (χ2n) is 3.06. The Morgan fingerprint density at radius 2 is 2.18 bits per heavy atom. The van der Waals surface area contributed by atoms with Gasteiger partial charge in [0.2, 0.25) is 0 Å². The molecule has 0 amide bonds. The van der Waals surface area contributed by atoms with Gasteiger partial charge in [-0.2, -0.15) is 0 Å². The molecule has 64 valence electrons. The first-order chi connectivity index (χ1) is 5.06. The Morgan fingerprint density at radius 1 is 1.64 bits per heavy atom. The molecule has 1 atom stereocenters. The Hall–Kier alpha value is -0.830. The summed E-state index contributed by atoms with van der Waals surface area (Å²) in [5.74, 6) is 5.19. The molecular formula is C8H16N2O. The molecule has 0 aromatic rings. The highest BCUT2D eigenvalue weighted by molar-refractivity contribution is 5.67. The average Bonchev–Trinajstić information content (AvgIpc) is 2.00. The van der Waals surface area contributed by atoms with E-state index in [-0.39, 0.29) is 5.41 Å². The molecule has 0 radical (unpaired) electrons. The van der Waals surface area contributed by atoms with Crippen molar-refractivity contribution in [2.24, 2.45) is 22.4 Å². The van der Waals surface area contributed by atoms with E-state index < -0.39 is 0 Å². The third-order valence-electron chi connectivity index (χ3n) is 2.08. The number of nitrogens with zero attached hydrogens (tertiary/aromatic N) is 1. The Bertz CT molecular complexity index is 154. The summed E-state index contributed by atoms with van der Waals surface area (Å²) >= 11 is 0. The SMILES string of the molecule is C=CC(C)(/C=N\ON)C(C)C. The molecule has 0 aliphatic rings. The van der Waals surface area contributed by atoms with Crippen molar-refractivity contribution in [1.29, 1.82) is 0 Å². The molecule has 0 aromatic heterocycles. The molecular weight excluding hydrogens is 140 g/mol. The van der Waals surface area contributed by atoms with Gasteiger partial charge in [0.1, 0.15) is 0 Å². The van der Waals surface area contributed by atoms with Crippen LogP contribution < -0.4 is 5.90 Å². The Balaban J connectivity index is 4.33. The molecule has 0 bridgehead atoms. The molecule has 0 saturated heterocycles. The first-order valence-electron chi connectivity index (χ1n) is 3.61. The normalized spacial score (nSPS) is 16.8. The van der Waals surface area contributed by atoms with Gasteiger partial charge in [-0.15, -0.1) is 12.5 Å². The third kappa shape index (κ3) is 2.72. The highest BCUT2D eigenvalue weighted by Crippen LogP contribution is 2.25. The van der Waals surface area contributed by atoms with Crippen molar-refractivity contribution in [3.05, 3.63) is 12.7 Å². The number of hydrogen-bond acceptors (Lipinski definition) is 3. The van der Waals surface area contributed by atoms with Crippen molar-refractivity contribution in [1.82, 2.24) is 0 Å². The smallest absolute Gasteiger partial charge is 0.0561 e. The summed E-state index contributed by atoms with van der Waals surface area (Å²) in [5, 5.41) is 3.52. The lowest BCUT2D eigenvalue weighted by molar-refractivity contribution is 0.147. The van der Waals surface area contributed by atoms with Crippen LogP contribution >= 0.6 is 0 Å². The standard InChI is InChI=1S/C8H16N2O/c1-5-8(4,7(2)3)6-10-11-9/h5-7H,1,9H2,2-4H3/b10-6-. The Labute approximate surface area is 67.9 Å². The van der Waals surface area contributed by atoms with Gasteiger partial charge in [-0.1, -0.05) is 32.0 Å². The van der Waals surface area contributed by atoms with E-state index in [1.165, 1.54) is 0 Å². The van der Waals surface area contributed by atoms with Crippen LogP contribution in [0.15, 0.2) is 17.8 Å². The molecule has 0 heterocycles. The lowest BCUT2D eigenvalue weighted by atomic mass is 9.81.